The van der Waals surface area contributed by atoms with Crippen molar-refractivity contribution in [3.8, 4) is 5.75 Å². The maximum absolute atomic E-state index is 5.89. The molecule has 18 heavy (non-hydrogen) atoms. The quantitative estimate of drug-likeness (QED) is 0.903. The number of rotatable bonds is 2. The van der Waals surface area contributed by atoms with Crippen molar-refractivity contribution < 1.29 is 9.47 Å². The molecule has 0 amide bonds. The summed E-state index contributed by atoms with van der Waals surface area (Å²) in [6.45, 7) is 2.78. The summed E-state index contributed by atoms with van der Waals surface area (Å²) in [4.78, 5) is 1.32. The molecule has 0 bridgehead atoms. The number of nitrogens with one attached hydrogen (secondary N) is 1. The minimum atomic E-state index is 0.239. The first-order chi connectivity index (χ1) is 8.86. The van der Waals surface area contributed by atoms with Gasteiger partial charge in [0.25, 0.3) is 0 Å². The van der Waals surface area contributed by atoms with E-state index in [4.69, 9.17) is 9.47 Å². The van der Waals surface area contributed by atoms with Crippen LogP contribution in [0, 0.1) is 0 Å². The van der Waals surface area contributed by atoms with E-state index < -0.39 is 0 Å². The van der Waals surface area contributed by atoms with Crippen molar-refractivity contribution in [2.24, 2.45) is 0 Å². The first-order valence-corrected chi connectivity index (χ1v) is 7.08. The standard InChI is InChI=1S/C14H17NO2S/c1-16-11-3-2-10-8-14(18-13(10)9-11)12-4-5-15-6-7-17-12/h2-3,8-9,12,15H,4-7H2,1H3. The van der Waals surface area contributed by atoms with Crippen LogP contribution in [-0.4, -0.2) is 26.8 Å². The summed E-state index contributed by atoms with van der Waals surface area (Å²) >= 11 is 1.81. The number of fused-ring (bicyclic) bond motifs is 1. The molecule has 1 aromatic carbocycles. The lowest BCUT2D eigenvalue weighted by molar-refractivity contribution is 0.0670. The van der Waals surface area contributed by atoms with E-state index in [2.05, 4.69) is 23.5 Å². The van der Waals surface area contributed by atoms with Gasteiger partial charge in [-0.1, -0.05) is 0 Å². The zero-order valence-electron chi connectivity index (χ0n) is 10.4. The van der Waals surface area contributed by atoms with Gasteiger partial charge < -0.3 is 14.8 Å². The van der Waals surface area contributed by atoms with Gasteiger partial charge in [-0.05, 0) is 42.6 Å². The second-order valence-electron chi connectivity index (χ2n) is 4.45. The van der Waals surface area contributed by atoms with E-state index in [-0.39, 0.29) is 6.10 Å². The molecule has 1 atom stereocenters. The lowest BCUT2D eigenvalue weighted by Gasteiger charge is -2.11. The Bertz CT molecular complexity index is 530. The molecule has 4 heteroatoms. The van der Waals surface area contributed by atoms with Crippen molar-refractivity contribution in [1.82, 2.24) is 5.32 Å². The molecule has 0 saturated carbocycles. The first kappa shape index (κ1) is 12.0. The molecule has 3 rings (SSSR count). The molecule has 2 aromatic rings. The minimum absolute atomic E-state index is 0.239. The number of ether oxygens (including phenoxy) is 2. The molecule has 0 spiro atoms. The Hall–Kier alpha value is -1.10. The average Bonchev–Trinajstić information content (AvgIpc) is 2.63. The summed E-state index contributed by atoms with van der Waals surface area (Å²) in [6, 6.07) is 8.46. The lowest BCUT2D eigenvalue weighted by atomic mass is 10.2. The van der Waals surface area contributed by atoms with Crippen molar-refractivity contribution in [3.63, 3.8) is 0 Å². The summed E-state index contributed by atoms with van der Waals surface area (Å²) in [5, 5.41) is 4.63. The SMILES string of the molecule is COc1ccc2cc(C3CCNCCO3)sc2c1. The number of benzene rings is 1. The maximum Gasteiger partial charge on any atom is 0.120 e. The molecule has 3 nitrogen and oxygen atoms in total. The van der Waals surface area contributed by atoms with Crippen molar-refractivity contribution >= 4 is 21.4 Å². The van der Waals surface area contributed by atoms with E-state index in [0.717, 1.165) is 31.9 Å². The van der Waals surface area contributed by atoms with E-state index >= 15 is 0 Å². The largest absolute Gasteiger partial charge is 0.497 e. The first-order valence-electron chi connectivity index (χ1n) is 6.26. The van der Waals surface area contributed by atoms with Gasteiger partial charge in [0.05, 0.1) is 19.8 Å². The van der Waals surface area contributed by atoms with Crippen LogP contribution in [0.5, 0.6) is 5.75 Å². The fourth-order valence-corrected chi connectivity index (χ4v) is 3.43. The predicted molar refractivity (Wildman–Crippen MR) is 74.6 cm³/mol. The van der Waals surface area contributed by atoms with Gasteiger partial charge in [-0.2, -0.15) is 0 Å². The van der Waals surface area contributed by atoms with E-state index in [1.807, 2.05) is 17.4 Å². The van der Waals surface area contributed by atoms with Gasteiger partial charge in [0, 0.05) is 16.1 Å². The lowest BCUT2D eigenvalue weighted by Crippen LogP contribution is -2.16. The molecule has 1 aliphatic heterocycles. The van der Waals surface area contributed by atoms with Crippen molar-refractivity contribution in [1.29, 1.82) is 0 Å². The molecule has 96 valence electrons. The molecular weight excluding hydrogens is 246 g/mol. The van der Waals surface area contributed by atoms with Crippen LogP contribution in [0.2, 0.25) is 0 Å². The maximum atomic E-state index is 5.89. The van der Waals surface area contributed by atoms with Gasteiger partial charge >= 0.3 is 0 Å². The van der Waals surface area contributed by atoms with E-state index in [1.165, 1.54) is 15.0 Å². The molecule has 1 unspecified atom stereocenters. The smallest absolute Gasteiger partial charge is 0.120 e. The zero-order chi connectivity index (χ0) is 12.4. The summed E-state index contributed by atoms with van der Waals surface area (Å²) in [7, 11) is 1.70. The van der Waals surface area contributed by atoms with Crippen LogP contribution >= 0.6 is 11.3 Å². The molecule has 1 aromatic heterocycles. The minimum Gasteiger partial charge on any atom is -0.497 e. The van der Waals surface area contributed by atoms with Crippen molar-refractivity contribution in [2.45, 2.75) is 12.5 Å². The Balaban J connectivity index is 1.91. The topological polar surface area (TPSA) is 30.5 Å². The second-order valence-corrected chi connectivity index (χ2v) is 5.57. The Morgan fingerprint density at radius 2 is 2.28 bits per heavy atom. The van der Waals surface area contributed by atoms with E-state index in [1.54, 1.807) is 7.11 Å². The van der Waals surface area contributed by atoms with Gasteiger partial charge in [-0.25, -0.2) is 0 Å². The van der Waals surface area contributed by atoms with Crippen LogP contribution in [-0.2, 0) is 4.74 Å². The third kappa shape index (κ3) is 2.36. The van der Waals surface area contributed by atoms with Gasteiger partial charge in [0.2, 0.25) is 0 Å². The molecule has 1 fully saturated rings. The highest BCUT2D eigenvalue weighted by Crippen LogP contribution is 2.35. The average molecular weight is 263 g/mol. The van der Waals surface area contributed by atoms with Crippen LogP contribution in [0.3, 0.4) is 0 Å². The Morgan fingerprint density at radius 3 is 3.17 bits per heavy atom. The highest BCUT2D eigenvalue weighted by molar-refractivity contribution is 7.19. The summed E-state index contributed by atoms with van der Waals surface area (Å²) in [6.07, 6.45) is 1.28. The highest BCUT2D eigenvalue weighted by Gasteiger charge is 2.17. The number of hydrogen-bond donors (Lipinski definition) is 1. The fraction of sp³-hybridized carbons (Fsp3) is 0.429. The van der Waals surface area contributed by atoms with Gasteiger partial charge in [-0.15, -0.1) is 11.3 Å². The normalized spacial score (nSPS) is 20.8. The summed E-state index contributed by atoms with van der Waals surface area (Å²) in [5.74, 6) is 0.916. The Labute approximate surface area is 111 Å². The molecule has 1 N–H and O–H groups in total. The zero-order valence-corrected chi connectivity index (χ0v) is 11.3. The molecule has 1 saturated heterocycles. The van der Waals surface area contributed by atoms with Crippen LogP contribution in [0.4, 0.5) is 0 Å². The van der Waals surface area contributed by atoms with Gasteiger partial charge in [-0.3, -0.25) is 0 Å². The predicted octanol–water partition coefficient (Wildman–Crippen LogP) is 2.96. The number of methoxy groups -OCH3 is 1. The van der Waals surface area contributed by atoms with Crippen LogP contribution in [0.25, 0.3) is 10.1 Å². The van der Waals surface area contributed by atoms with E-state index in [0.29, 0.717) is 0 Å². The molecule has 2 heterocycles. The van der Waals surface area contributed by atoms with Crippen LogP contribution in [0.1, 0.15) is 17.4 Å². The third-order valence-corrected chi connectivity index (χ3v) is 4.43. The van der Waals surface area contributed by atoms with Crippen molar-refractivity contribution in [2.75, 3.05) is 26.8 Å². The molecule has 0 aliphatic carbocycles. The Kier molecular flexibility index (Phi) is 3.50. The van der Waals surface area contributed by atoms with Gasteiger partial charge in [0.15, 0.2) is 0 Å². The molecular formula is C14H17NO2S. The van der Waals surface area contributed by atoms with E-state index in [9.17, 15) is 0 Å². The molecule has 0 radical (unpaired) electrons. The summed E-state index contributed by atoms with van der Waals surface area (Å²) in [5.41, 5.74) is 0. The fourth-order valence-electron chi connectivity index (χ4n) is 2.26. The number of hydrogen-bond acceptors (Lipinski definition) is 4. The third-order valence-electron chi connectivity index (χ3n) is 3.24. The van der Waals surface area contributed by atoms with Gasteiger partial charge in [0.1, 0.15) is 5.75 Å². The second kappa shape index (κ2) is 5.26. The van der Waals surface area contributed by atoms with Crippen molar-refractivity contribution in [3.05, 3.63) is 29.1 Å². The Morgan fingerprint density at radius 1 is 1.33 bits per heavy atom. The number of thiophene rings is 1. The monoisotopic (exact) mass is 263 g/mol. The van der Waals surface area contributed by atoms with Crippen LogP contribution in [0.15, 0.2) is 24.3 Å². The van der Waals surface area contributed by atoms with Crippen LogP contribution < -0.4 is 10.1 Å². The summed E-state index contributed by atoms with van der Waals surface area (Å²) < 4.78 is 12.4. The highest BCUT2D eigenvalue weighted by atomic mass is 32.1. The molecule has 1 aliphatic rings.